The second kappa shape index (κ2) is 4.74. The largest absolute Gasteiger partial charge is 0.393 e. The first-order chi connectivity index (χ1) is 7.02. The summed E-state index contributed by atoms with van der Waals surface area (Å²) >= 11 is 0. The number of hydrogen-bond acceptors (Lipinski definition) is 5. The van der Waals surface area contributed by atoms with Crippen LogP contribution in [0.25, 0.3) is 0 Å². The SMILES string of the molecule is CCCOP(=O)(N(C)C)n1ncnc1N. The van der Waals surface area contributed by atoms with Crippen molar-refractivity contribution in [2.24, 2.45) is 0 Å². The fourth-order valence-electron chi connectivity index (χ4n) is 0.989. The maximum Gasteiger partial charge on any atom is 0.393 e. The molecule has 1 unspecified atom stereocenters. The van der Waals surface area contributed by atoms with Crippen molar-refractivity contribution in [3.8, 4) is 0 Å². The molecule has 0 aliphatic rings. The summed E-state index contributed by atoms with van der Waals surface area (Å²) in [5, 5.41) is 3.81. The highest BCUT2D eigenvalue weighted by Gasteiger charge is 2.31. The van der Waals surface area contributed by atoms with Gasteiger partial charge in [-0.2, -0.15) is 4.98 Å². The van der Waals surface area contributed by atoms with Gasteiger partial charge < -0.3 is 10.3 Å². The van der Waals surface area contributed by atoms with Crippen molar-refractivity contribution in [1.82, 2.24) is 19.2 Å². The van der Waals surface area contributed by atoms with E-state index in [-0.39, 0.29) is 5.95 Å². The first kappa shape index (κ1) is 12.2. The second-order valence-electron chi connectivity index (χ2n) is 3.18. The Kier molecular flexibility index (Phi) is 3.84. The predicted octanol–water partition coefficient (Wildman–Crippen LogP) is 0.805. The third-order valence-corrected chi connectivity index (χ3v) is 4.08. The van der Waals surface area contributed by atoms with E-state index in [0.29, 0.717) is 6.61 Å². The first-order valence-corrected chi connectivity index (χ1v) is 6.14. The van der Waals surface area contributed by atoms with Crippen LogP contribution in [-0.4, -0.2) is 39.9 Å². The van der Waals surface area contributed by atoms with E-state index in [1.807, 2.05) is 6.92 Å². The highest BCUT2D eigenvalue weighted by Crippen LogP contribution is 2.50. The van der Waals surface area contributed by atoms with Crippen LogP contribution in [0.2, 0.25) is 0 Å². The average molecular weight is 233 g/mol. The van der Waals surface area contributed by atoms with Gasteiger partial charge in [0.15, 0.2) is 0 Å². The van der Waals surface area contributed by atoms with E-state index in [0.717, 1.165) is 10.9 Å². The van der Waals surface area contributed by atoms with Gasteiger partial charge in [-0.25, -0.2) is 9.24 Å². The minimum Gasteiger partial charge on any atom is -0.368 e. The van der Waals surface area contributed by atoms with Crippen molar-refractivity contribution >= 4 is 13.6 Å². The molecule has 0 spiro atoms. The van der Waals surface area contributed by atoms with E-state index >= 15 is 0 Å². The number of aromatic nitrogens is 3. The van der Waals surface area contributed by atoms with Crippen molar-refractivity contribution in [3.63, 3.8) is 0 Å². The lowest BCUT2D eigenvalue weighted by molar-refractivity contribution is 0.271. The molecular weight excluding hydrogens is 217 g/mol. The Morgan fingerprint density at radius 1 is 1.67 bits per heavy atom. The number of nitrogens with two attached hydrogens (primary N) is 1. The van der Waals surface area contributed by atoms with E-state index in [9.17, 15) is 4.57 Å². The number of anilines is 1. The Hall–Kier alpha value is -0.910. The summed E-state index contributed by atoms with van der Waals surface area (Å²) in [4.78, 5) is 3.72. The fourth-order valence-corrected chi connectivity index (χ4v) is 2.58. The molecule has 0 amide bonds. The number of rotatable bonds is 5. The van der Waals surface area contributed by atoms with Gasteiger partial charge in [0.25, 0.3) is 0 Å². The summed E-state index contributed by atoms with van der Waals surface area (Å²) in [5.41, 5.74) is 5.55. The molecule has 15 heavy (non-hydrogen) atoms. The average Bonchev–Trinajstić information content (AvgIpc) is 2.61. The molecule has 0 saturated carbocycles. The summed E-state index contributed by atoms with van der Waals surface area (Å²) < 4.78 is 20.4. The highest BCUT2D eigenvalue weighted by atomic mass is 31.2. The van der Waals surface area contributed by atoms with E-state index in [2.05, 4.69) is 10.1 Å². The van der Waals surface area contributed by atoms with Crippen molar-refractivity contribution < 1.29 is 9.09 Å². The Morgan fingerprint density at radius 3 is 2.73 bits per heavy atom. The maximum atomic E-state index is 12.4. The number of nitrogens with zero attached hydrogens (tertiary/aromatic N) is 4. The molecule has 0 fully saturated rings. The Morgan fingerprint density at radius 2 is 2.33 bits per heavy atom. The standard InChI is InChI=1S/C7H16N5O2P/c1-4-5-14-15(13,11(2)3)12-7(8)9-6-10-12/h6H,4-5H2,1-3H3,(H2,8,9,10). The van der Waals surface area contributed by atoms with Gasteiger partial charge in [0.2, 0.25) is 5.95 Å². The minimum absolute atomic E-state index is 0.0862. The molecule has 86 valence electrons. The molecule has 7 nitrogen and oxygen atoms in total. The molecule has 1 rings (SSSR count). The lowest BCUT2D eigenvalue weighted by Gasteiger charge is -2.23. The van der Waals surface area contributed by atoms with E-state index in [1.54, 1.807) is 14.1 Å². The molecule has 0 aromatic carbocycles. The highest BCUT2D eigenvalue weighted by molar-refractivity contribution is 7.54. The Labute approximate surface area is 88.8 Å². The van der Waals surface area contributed by atoms with Crippen LogP contribution in [0.3, 0.4) is 0 Å². The van der Waals surface area contributed by atoms with Crippen molar-refractivity contribution in [2.45, 2.75) is 13.3 Å². The van der Waals surface area contributed by atoms with E-state index in [4.69, 9.17) is 10.3 Å². The molecule has 1 aromatic rings. The summed E-state index contributed by atoms with van der Waals surface area (Å²) in [6.07, 6.45) is 2.02. The van der Waals surface area contributed by atoms with Gasteiger partial charge in [-0.15, -0.1) is 9.55 Å². The predicted molar refractivity (Wildman–Crippen MR) is 57.4 cm³/mol. The quantitative estimate of drug-likeness (QED) is 0.757. The van der Waals surface area contributed by atoms with Gasteiger partial charge in [0.05, 0.1) is 6.61 Å². The van der Waals surface area contributed by atoms with Gasteiger partial charge >= 0.3 is 7.67 Å². The van der Waals surface area contributed by atoms with Crippen LogP contribution in [0.15, 0.2) is 6.33 Å². The number of hydrogen-bond donors (Lipinski definition) is 1. The third kappa shape index (κ3) is 2.37. The van der Waals surface area contributed by atoms with Crippen LogP contribution in [0, 0.1) is 0 Å². The van der Waals surface area contributed by atoms with E-state index < -0.39 is 7.67 Å². The van der Waals surface area contributed by atoms with Crippen LogP contribution in [0.4, 0.5) is 5.95 Å². The number of nitrogen functional groups attached to an aromatic ring is 1. The van der Waals surface area contributed by atoms with Crippen LogP contribution in [-0.2, 0) is 9.09 Å². The Bertz CT molecular complexity index is 364. The zero-order valence-corrected chi connectivity index (χ0v) is 10.0. The topological polar surface area (TPSA) is 86.3 Å². The lowest BCUT2D eigenvalue weighted by Crippen LogP contribution is -2.19. The minimum atomic E-state index is -3.20. The smallest absolute Gasteiger partial charge is 0.368 e. The molecule has 0 saturated heterocycles. The summed E-state index contributed by atoms with van der Waals surface area (Å²) in [5.74, 6) is 0.0862. The Balaban J connectivity index is 3.02. The molecule has 0 radical (unpaired) electrons. The molecule has 1 heterocycles. The van der Waals surface area contributed by atoms with Crippen LogP contribution in [0.1, 0.15) is 13.3 Å². The first-order valence-electron chi connectivity index (χ1n) is 4.61. The van der Waals surface area contributed by atoms with Crippen molar-refractivity contribution in [1.29, 1.82) is 0 Å². The molecule has 0 aliphatic carbocycles. The van der Waals surface area contributed by atoms with Gasteiger partial charge in [-0.1, -0.05) is 6.92 Å². The van der Waals surface area contributed by atoms with Gasteiger partial charge in [0.1, 0.15) is 6.33 Å². The maximum absolute atomic E-state index is 12.4. The second-order valence-corrected chi connectivity index (χ2v) is 5.60. The molecule has 0 aliphatic heterocycles. The van der Waals surface area contributed by atoms with Crippen LogP contribution < -0.4 is 5.73 Å². The van der Waals surface area contributed by atoms with Crippen LogP contribution >= 0.6 is 7.67 Å². The van der Waals surface area contributed by atoms with Gasteiger partial charge in [-0.3, -0.25) is 0 Å². The third-order valence-electron chi connectivity index (χ3n) is 1.76. The van der Waals surface area contributed by atoms with E-state index in [1.165, 1.54) is 11.0 Å². The summed E-state index contributed by atoms with van der Waals surface area (Å²) in [6.45, 7) is 2.32. The molecule has 8 heteroatoms. The molecule has 0 bridgehead atoms. The molecule has 1 aromatic heterocycles. The molecular formula is C7H16N5O2P. The summed E-state index contributed by atoms with van der Waals surface area (Å²) in [6, 6.07) is 0. The van der Waals surface area contributed by atoms with Crippen LogP contribution in [0.5, 0.6) is 0 Å². The zero-order valence-electron chi connectivity index (χ0n) is 9.12. The fraction of sp³-hybridized carbons (Fsp3) is 0.714. The summed E-state index contributed by atoms with van der Waals surface area (Å²) in [7, 11) is 0.102. The van der Waals surface area contributed by atoms with Crippen molar-refractivity contribution in [2.75, 3.05) is 26.4 Å². The lowest BCUT2D eigenvalue weighted by atomic mass is 10.5. The van der Waals surface area contributed by atoms with Crippen molar-refractivity contribution in [3.05, 3.63) is 6.33 Å². The van der Waals surface area contributed by atoms with Gasteiger partial charge in [-0.05, 0) is 20.5 Å². The zero-order chi connectivity index (χ0) is 11.5. The van der Waals surface area contributed by atoms with Gasteiger partial charge in [0, 0.05) is 0 Å². The normalized spacial score (nSPS) is 15.5. The monoisotopic (exact) mass is 233 g/mol. The molecule has 2 N–H and O–H groups in total. The molecule has 1 atom stereocenters.